The Hall–Kier alpha value is -1.04. The molecule has 0 bridgehead atoms. The van der Waals surface area contributed by atoms with Gasteiger partial charge in [-0.3, -0.25) is 0 Å². The number of nitrogens with two attached hydrogens (primary N) is 1. The molecule has 0 aliphatic heterocycles. The molecule has 0 radical (unpaired) electrons. The summed E-state index contributed by atoms with van der Waals surface area (Å²) in [5.41, 5.74) is 7.98. The van der Waals surface area contributed by atoms with Gasteiger partial charge in [0.05, 0.1) is 11.6 Å². The van der Waals surface area contributed by atoms with Crippen molar-refractivity contribution in [1.29, 1.82) is 5.26 Å². The van der Waals surface area contributed by atoms with E-state index in [-0.39, 0.29) is 18.4 Å². The zero-order chi connectivity index (χ0) is 10.7. The Bertz CT molecular complexity index is 378. The SMILES string of the molecule is Cl.N#Cc1ccccc1[C@@H](N)C1CCCC1. The minimum Gasteiger partial charge on any atom is -0.324 e. The second kappa shape index (κ2) is 5.89. The molecule has 1 atom stereocenters. The van der Waals surface area contributed by atoms with Gasteiger partial charge >= 0.3 is 0 Å². The molecule has 2 nitrogen and oxygen atoms in total. The Morgan fingerprint density at radius 3 is 2.50 bits per heavy atom. The molecule has 86 valence electrons. The van der Waals surface area contributed by atoms with Crippen LogP contribution in [0.4, 0.5) is 0 Å². The van der Waals surface area contributed by atoms with E-state index in [0.29, 0.717) is 5.92 Å². The molecule has 1 aromatic rings. The van der Waals surface area contributed by atoms with E-state index in [0.717, 1.165) is 11.1 Å². The molecule has 0 heterocycles. The number of hydrogen-bond acceptors (Lipinski definition) is 2. The molecule has 0 amide bonds. The van der Waals surface area contributed by atoms with Crippen molar-refractivity contribution in [2.24, 2.45) is 11.7 Å². The van der Waals surface area contributed by atoms with Crippen LogP contribution in [0.25, 0.3) is 0 Å². The standard InChI is InChI=1S/C13H16N2.ClH/c14-9-11-7-3-4-8-12(11)13(15)10-5-1-2-6-10;/h3-4,7-8,10,13H,1-2,5-6,15H2;1H/t13-;/m0./s1. The average Bonchev–Trinajstić information content (AvgIpc) is 2.81. The maximum absolute atomic E-state index is 9.00. The van der Waals surface area contributed by atoms with E-state index in [9.17, 15) is 0 Å². The summed E-state index contributed by atoms with van der Waals surface area (Å²) in [5, 5.41) is 9.00. The Balaban J connectivity index is 0.00000128. The Kier molecular flexibility index (Phi) is 4.79. The quantitative estimate of drug-likeness (QED) is 0.858. The molecule has 1 fully saturated rings. The first-order valence-corrected chi connectivity index (χ1v) is 5.57. The van der Waals surface area contributed by atoms with Gasteiger partial charge in [0, 0.05) is 6.04 Å². The molecule has 0 unspecified atom stereocenters. The first-order valence-electron chi connectivity index (χ1n) is 5.57. The second-order valence-electron chi connectivity index (χ2n) is 4.27. The predicted molar refractivity (Wildman–Crippen MR) is 67.3 cm³/mol. The van der Waals surface area contributed by atoms with E-state index < -0.39 is 0 Å². The highest BCUT2D eigenvalue weighted by Crippen LogP contribution is 2.34. The maximum Gasteiger partial charge on any atom is 0.0995 e. The van der Waals surface area contributed by atoms with Gasteiger partial charge in [-0.25, -0.2) is 0 Å². The van der Waals surface area contributed by atoms with Crippen LogP contribution >= 0.6 is 12.4 Å². The van der Waals surface area contributed by atoms with E-state index in [1.165, 1.54) is 25.7 Å². The highest BCUT2D eigenvalue weighted by atomic mass is 35.5. The number of nitrogens with zero attached hydrogens (tertiary/aromatic N) is 1. The van der Waals surface area contributed by atoms with E-state index >= 15 is 0 Å². The van der Waals surface area contributed by atoms with Crippen LogP contribution < -0.4 is 5.73 Å². The second-order valence-corrected chi connectivity index (χ2v) is 4.27. The molecule has 3 heteroatoms. The molecule has 0 aromatic heterocycles. The lowest BCUT2D eigenvalue weighted by Crippen LogP contribution is -2.20. The molecule has 1 saturated carbocycles. The lowest BCUT2D eigenvalue weighted by molar-refractivity contribution is 0.444. The molecule has 1 aliphatic carbocycles. The van der Waals surface area contributed by atoms with Gasteiger partial charge in [0.15, 0.2) is 0 Å². The molecular weight excluding hydrogens is 220 g/mol. The minimum absolute atomic E-state index is 0. The lowest BCUT2D eigenvalue weighted by Gasteiger charge is -2.20. The highest BCUT2D eigenvalue weighted by molar-refractivity contribution is 5.85. The van der Waals surface area contributed by atoms with Crippen LogP contribution in [-0.4, -0.2) is 0 Å². The number of halogens is 1. The molecule has 1 aromatic carbocycles. The molecule has 0 spiro atoms. The first kappa shape index (κ1) is 13.0. The molecule has 2 N–H and O–H groups in total. The van der Waals surface area contributed by atoms with Crippen LogP contribution in [0.1, 0.15) is 42.9 Å². The van der Waals surface area contributed by atoms with Gasteiger partial charge in [0.2, 0.25) is 0 Å². The van der Waals surface area contributed by atoms with Crippen molar-refractivity contribution in [2.45, 2.75) is 31.7 Å². The van der Waals surface area contributed by atoms with Gasteiger partial charge in [0.25, 0.3) is 0 Å². The van der Waals surface area contributed by atoms with E-state index in [4.69, 9.17) is 11.0 Å². The lowest BCUT2D eigenvalue weighted by atomic mass is 9.90. The number of nitriles is 1. The van der Waals surface area contributed by atoms with Crippen LogP contribution in [0.2, 0.25) is 0 Å². The van der Waals surface area contributed by atoms with Gasteiger partial charge in [0.1, 0.15) is 0 Å². The smallest absolute Gasteiger partial charge is 0.0995 e. The monoisotopic (exact) mass is 236 g/mol. The summed E-state index contributed by atoms with van der Waals surface area (Å²) < 4.78 is 0. The van der Waals surface area contributed by atoms with Crippen molar-refractivity contribution in [3.8, 4) is 6.07 Å². The van der Waals surface area contributed by atoms with Crippen molar-refractivity contribution in [3.63, 3.8) is 0 Å². The van der Waals surface area contributed by atoms with E-state index in [2.05, 4.69) is 6.07 Å². The molecule has 1 aliphatic rings. The average molecular weight is 237 g/mol. The van der Waals surface area contributed by atoms with Crippen molar-refractivity contribution >= 4 is 12.4 Å². The normalized spacial score (nSPS) is 17.5. The summed E-state index contributed by atoms with van der Waals surface area (Å²) in [6.07, 6.45) is 4.99. The largest absolute Gasteiger partial charge is 0.324 e. The Labute approximate surface area is 103 Å². The van der Waals surface area contributed by atoms with Gasteiger partial charge in [-0.05, 0) is 30.4 Å². The van der Waals surface area contributed by atoms with E-state index in [1.807, 2.05) is 24.3 Å². The minimum atomic E-state index is 0. The summed E-state index contributed by atoms with van der Waals surface area (Å²) in [6, 6.07) is 9.96. The van der Waals surface area contributed by atoms with Gasteiger partial charge in [-0.2, -0.15) is 5.26 Å². The fourth-order valence-electron chi connectivity index (χ4n) is 2.46. The summed E-state index contributed by atoms with van der Waals surface area (Å²) in [7, 11) is 0. The summed E-state index contributed by atoms with van der Waals surface area (Å²) in [6.45, 7) is 0. The molecule has 2 rings (SSSR count). The van der Waals surface area contributed by atoms with Crippen LogP contribution in [0.3, 0.4) is 0 Å². The van der Waals surface area contributed by atoms with Crippen LogP contribution in [0.15, 0.2) is 24.3 Å². The summed E-state index contributed by atoms with van der Waals surface area (Å²) in [5.74, 6) is 0.569. The van der Waals surface area contributed by atoms with Crippen LogP contribution in [0.5, 0.6) is 0 Å². The first-order chi connectivity index (χ1) is 7.33. The zero-order valence-electron chi connectivity index (χ0n) is 9.23. The van der Waals surface area contributed by atoms with Gasteiger partial charge in [-0.15, -0.1) is 12.4 Å². The Morgan fingerprint density at radius 1 is 1.25 bits per heavy atom. The third-order valence-electron chi connectivity index (χ3n) is 3.35. The third kappa shape index (κ3) is 2.55. The fourth-order valence-corrected chi connectivity index (χ4v) is 2.46. The molecule has 0 saturated heterocycles. The Morgan fingerprint density at radius 2 is 1.88 bits per heavy atom. The predicted octanol–water partition coefficient (Wildman–Crippen LogP) is 3.17. The summed E-state index contributed by atoms with van der Waals surface area (Å²) >= 11 is 0. The van der Waals surface area contributed by atoms with Crippen molar-refractivity contribution in [1.82, 2.24) is 0 Å². The van der Waals surface area contributed by atoms with Crippen LogP contribution in [0, 0.1) is 17.2 Å². The highest BCUT2D eigenvalue weighted by Gasteiger charge is 2.24. The van der Waals surface area contributed by atoms with E-state index in [1.54, 1.807) is 0 Å². The number of hydrogen-bond donors (Lipinski definition) is 1. The van der Waals surface area contributed by atoms with Crippen molar-refractivity contribution in [3.05, 3.63) is 35.4 Å². The molecular formula is C13H17ClN2. The maximum atomic E-state index is 9.00. The third-order valence-corrected chi connectivity index (χ3v) is 3.35. The van der Waals surface area contributed by atoms with Crippen molar-refractivity contribution < 1.29 is 0 Å². The van der Waals surface area contributed by atoms with Gasteiger partial charge in [-0.1, -0.05) is 31.0 Å². The number of rotatable bonds is 2. The van der Waals surface area contributed by atoms with Crippen molar-refractivity contribution in [2.75, 3.05) is 0 Å². The van der Waals surface area contributed by atoms with Crippen LogP contribution in [-0.2, 0) is 0 Å². The summed E-state index contributed by atoms with van der Waals surface area (Å²) in [4.78, 5) is 0. The fraction of sp³-hybridized carbons (Fsp3) is 0.462. The van der Waals surface area contributed by atoms with Gasteiger partial charge < -0.3 is 5.73 Å². The molecule has 16 heavy (non-hydrogen) atoms. The topological polar surface area (TPSA) is 49.8 Å². The number of benzene rings is 1. The zero-order valence-corrected chi connectivity index (χ0v) is 10.0.